The molecule has 4 aromatic rings. The van der Waals surface area contributed by atoms with Gasteiger partial charge < -0.3 is 5.32 Å². The van der Waals surface area contributed by atoms with Crippen LogP contribution in [0.1, 0.15) is 26.3 Å². The number of amides is 1. The van der Waals surface area contributed by atoms with Crippen molar-refractivity contribution in [3.05, 3.63) is 95.7 Å². The van der Waals surface area contributed by atoms with Crippen molar-refractivity contribution >= 4 is 28.3 Å². The van der Waals surface area contributed by atoms with E-state index in [0.717, 1.165) is 22.0 Å². The van der Waals surface area contributed by atoms with Crippen molar-refractivity contribution in [3.8, 4) is 11.1 Å². The van der Waals surface area contributed by atoms with Crippen LogP contribution < -0.4 is 5.32 Å². The largest absolute Gasteiger partial charge is 0.322 e. The Labute approximate surface area is 155 Å². The fourth-order valence-corrected chi connectivity index (χ4v) is 3.53. The van der Waals surface area contributed by atoms with E-state index in [-0.39, 0.29) is 11.7 Å². The molecule has 0 unspecified atom stereocenters. The topological polar surface area (TPSA) is 59.1 Å². The van der Waals surface area contributed by atoms with Gasteiger partial charge in [0.25, 0.3) is 5.91 Å². The summed E-state index contributed by atoms with van der Waals surface area (Å²) in [5.41, 5.74) is 5.09. The highest BCUT2D eigenvalue weighted by Crippen LogP contribution is 2.36. The third-order valence-corrected chi connectivity index (χ3v) is 4.85. The van der Waals surface area contributed by atoms with Crippen molar-refractivity contribution in [2.75, 3.05) is 5.32 Å². The molecule has 1 heterocycles. The second-order valence-electron chi connectivity index (χ2n) is 6.50. The molecule has 27 heavy (non-hydrogen) atoms. The SMILES string of the molecule is O=C(Nc1ccc2ncccc2c1)c1ccc2c(c1)C(=O)c1ccccc1-2. The van der Waals surface area contributed by atoms with Crippen LogP contribution >= 0.6 is 0 Å². The highest BCUT2D eigenvalue weighted by atomic mass is 16.1. The Morgan fingerprint density at radius 3 is 2.48 bits per heavy atom. The number of nitrogens with one attached hydrogen (secondary N) is 1. The summed E-state index contributed by atoms with van der Waals surface area (Å²) in [5, 5.41) is 3.85. The number of anilines is 1. The molecule has 4 nitrogen and oxygen atoms in total. The van der Waals surface area contributed by atoms with Gasteiger partial charge in [-0.05, 0) is 47.5 Å². The zero-order valence-electron chi connectivity index (χ0n) is 14.3. The predicted molar refractivity (Wildman–Crippen MR) is 105 cm³/mol. The molecule has 0 fully saturated rings. The van der Waals surface area contributed by atoms with Crippen molar-refractivity contribution < 1.29 is 9.59 Å². The van der Waals surface area contributed by atoms with E-state index in [0.29, 0.717) is 22.4 Å². The minimum atomic E-state index is -0.246. The van der Waals surface area contributed by atoms with Crippen LogP contribution in [-0.2, 0) is 0 Å². The van der Waals surface area contributed by atoms with Crippen LogP contribution in [0.3, 0.4) is 0 Å². The average molecular weight is 350 g/mol. The van der Waals surface area contributed by atoms with E-state index in [1.54, 1.807) is 18.3 Å². The molecule has 4 heteroatoms. The number of ketones is 1. The molecule has 0 bridgehead atoms. The number of benzene rings is 3. The van der Waals surface area contributed by atoms with Crippen LogP contribution in [-0.4, -0.2) is 16.7 Å². The van der Waals surface area contributed by atoms with Gasteiger partial charge in [0.15, 0.2) is 5.78 Å². The summed E-state index contributed by atoms with van der Waals surface area (Å²) in [6.07, 6.45) is 1.74. The number of fused-ring (bicyclic) bond motifs is 4. The summed E-state index contributed by atoms with van der Waals surface area (Å²) < 4.78 is 0. The average Bonchev–Trinajstić information content (AvgIpc) is 3.00. The van der Waals surface area contributed by atoms with E-state index in [1.807, 2.05) is 60.7 Å². The number of pyridine rings is 1. The molecule has 1 N–H and O–H groups in total. The number of hydrogen-bond acceptors (Lipinski definition) is 3. The summed E-state index contributed by atoms with van der Waals surface area (Å²) in [6, 6.07) is 22.2. The number of carbonyl (C=O) groups is 2. The van der Waals surface area contributed by atoms with E-state index < -0.39 is 0 Å². The van der Waals surface area contributed by atoms with Gasteiger partial charge in [-0.25, -0.2) is 0 Å². The third kappa shape index (κ3) is 2.50. The molecule has 0 saturated heterocycles. The molecule has 5 rings (SSSR count). The lowest BCUT2D eigenvalue weighted by atomic mass is 10.0. The minimum absolute atomic E-state index is 0.0352. The maximum atomic E-state index is 12.7. The van der Waals surface area contributed by atoms with Gasteiger partial charge in [-0.1, -0.05) is 36.4 Å². The molecular formula is C23H14N2O2. The number of aromatic nitrogens is 1. The number of nitrogens with zero attached hydrogens (tertiary/aromatic N) is 1. The quantitative estimate of drug-likeness (QED) is 0.502. The third-order valence-electron chi connectivity index (χ3n) is 4.85. The van der Waals surface area contributed by atoms with Gasteiger partial charge in [0.05, 0.1) is 5.52 Å². The van der Waals surface area contributed by atoms with Crippen molar-refractivity contribution in [2.45, 2.75) is 0 Å². The van der Waals surface area contributed by atoms with Gasteiger partial charge in [-0.3, -0.25) is 14.6 Å². The van der Waals surface area contributed by atoms with Crippen molar-refractivity contribution in [1.82, 2.24) is 4.98 Å². The Morgan fingerprint density at radius 1 is 0.778 bits per heavy atom. The Kier molecular flexibility index (Phi) is 3.37. The van der Waals surface area contributed by atoms with Crippen LogP contribution in [0.2, 0.25) is 0 Å². The van der Waals surface area contributed by atoms with Gasteiger partial charge in [-0.15, -0.1) is 0 Å². The molecule has 1 aromatic heterocycles. The van der Waals surface area contributed by atoms with Gasteiger partial charge in [0.1, 0.15) is 0 Å². The maximum absolute atomic E-state index is 12.7. The molecule has 0 atom stereocenters. The standard InChI is InChI=1S/C23H14N2O2/c26-22-19-6-2-1-5-17(19)18-9-7-15(13-20(18)22)23(27)25-16-8-10-21-14(12-16)4-3-11-24-21/h1-13H,(H,25,27). The molecule has 1 aliphatic carbocycles. The van der Waals surface area contributed by atoms with Gasteiger partial charge >= 0.3 is 0 Å². The summed E-state index contributed by atoms with van der Waals surface area (Å²) in [4.78, 5) is 29.6. The number of carbonyl (C=O) groups excluding carboxylic acids is 2. The Morgan fingerprint density at radius 2 is 1.59 bits per heavy atom. The molecule has 0 saturated carbocycles. The summed E-state index contributed by atoms with van der Waals surface area (Å²) >= 11 is 0. The normalized spacial score (nSPS) is 11.9. The maximum Gasteiger partial charge on any atom is 0.255 e. The number of hydrogen-bond donors (Lipinski definition) is 1. The lowest BCUT2D eigenvalue weighted by Crippen LogP contribution is -2.12. The second-order valence-corrected chi connectivity index (χ2v) is 6.50. The van der Waals surface area contributed by atoms with E-state index in [1.165, 1.54) is 0 Å². The van der Waals surface area contributed by atoms with E-state index in [2.05, 4.69) is 10.3 Å². The molecule has 128 valence electrons. The molecular weight excluding hydrogens is 336 g/mol. The van der Waals surface area contributed by atoms with Gasteiger partial charge in [-0.2, -0.15) is 0 Å². The summed E-state index contributed by atoms with van der Waals surface area (Å²) in [6.45, 7) is 0. The molecule has 1 amide bonds. The second kappa shape index (κ2) is 5.88. The van der Waals surface area contributed by atoms with Crippen LogP contribution in [0.5, 0.6) is 0 Å². The van der Waals surface area contributed by atoms with Crippen molar-refractivity contribution in [3.63, 3.8) is 0 Å². The highest BCUT2D eigenvalue weighted by Gasteiger charge is 2.27. The first-order valence-electron chi connectivity index (χ1n) is 8.65. The molecule has 0 radical (unpaired) electrons. The van der Waals surface area contributed by atoms with Crippen LogP contribution in [0.4, 0.5) is 5.69 Å². The Hall–Kier alpha value is -3.79. The molecule has 3 aromatic carbocycles. The summed E-state index contributed by atoms with van der Waals surface area (Å²) in [5.74, 6) is -0.281. The fraction of sp³-hybridized carbons (Fsp3) is 0. The number of rotatable bonds is 2. The zero-order valence-corrected chi connectivity index (χ0v) is 14.3. The van der Waals surface area contributed by atoms with E-state index in [4.69, 9.17) is 0 Å². The smallest absolute Gasteiger partial charge is 0.255 e. The highest BCUT2D eigenvalue weighted by molar-refractivity contribution is 6.22. The van der Waals surface area contributed by atoms with Crippen molar-refractivity contribution in [2.24, 2.45) is 0 Å². The van der Waals surface area contributed by atoms with Crippen LogP contribution in [0, 0.1) is 0 Å². The summed E-state index contributed by atoms with van der Waals surface area (Å²) in [7, 11) is 0. The Balaban J connectivity index is 1.47. The molecule has 0 aliphatic heterocycles. The molecule has 1 aliphatic rings. The lowest BCUT2D eigenvalue weighted by molar-refractivity contribution is 0.102. The fourth-order valence-electron chi connectivity index (χ4n) is 3.53. The monoisotopic (exact) mass is 350 g/mol. The van der Waals surface area contributed by atoms with Crippen LogP contribution in [0.15, 0.2) is 79.0 Å². The van der Waals surface area contributed by atoms with Gasteiger partial charge in [0, 0.05) is 34.0 Å². The van der Waals surface area contributed by atoms with E-state index >= 15 is 0 Å². The molecule has 0 spiro atoms. The zero-order chi connectivity index (χ0) is 18.4. The van der Waals surface area contributed by atoms with Crippen LogP contribution in [0.25, 0.3) is 22.0 Å². The van der Waals surface area contributed by atoms with E-state index in [9.17, 15) is 9.59 Å². The van der Waals surface area contributed by atoms with Crippen molar-refractivity contribution in [1.29, 1.82) is 0 Å². The minimum Gasteiger partial charge on any atom is -0.322 e. The Bertz CT molecular complexity index is 1240. The first kappa shape index (κ1) is 15.5. The first-order chi connectivity index (χ1) is 13.2. The predicted octanol–water partition coefficient (Wildman–Crippen LogP) is 4.70. The van der Waals surface area contributed by atoms with Gasteiger partial charge in [0.2, 0.25) is 0 Å². The lowest BCUT2D eigenvalue weighted by Gasteiger charge is -2.08. The first-order valence-corrected chi connectivity index (χ1v) is 8.65.